The van der Waals surface area contributed by atoms with Gasteiger partial charge in [-0.05, 0) is 30.0 Å². The second-order valence-electron chi connectivity index (χ2n) is 5.73. The number of rotatable bonds is 3. The molecule has 0 radical (unpaired) electrons. The summed E-state index contributed by atoms with van der Waals surface area (Å²) in [6, 6.07) is 7.19. The Bertz CT molecular complexity index is 546. The number of hydrogen-bond donors (Lipinski definition) is 1. The van der Waals surface area contributed by atoms with E-state index < -0.39 is 11.4 Å². The molecule has 2 nitrogen and oxygen atoms in total. The number of benzene rings is 1. The van der Waals surface area contributed by atoms with Crippen molar-refractivity contribution in [3.05, 3.63) is 40.9 Å². The average molecular weight is 299 g/mol. The van der Waals surface area contributed by atoms with Gasteiger partial charge in [-0.15, -0.1) is 0 Å². The summed E-state index contributed by atoms with van der Waals surface area (Å²) in [5.41, 5.74) is -0.188. The average Bonchev–Trinajstić information content (AvgIpc) is 2.76. The minimum atomic E-state index is -0.778. The van der Waals surface area contributed by atoms with Gasteiger partial charge in [0.25, 0.3) is 0 Å². The van der Waals surface area contributed by atoms with Crippen molar-refractivity contribution in [2.45, 2.75) is 20.8 Å². The number of allylic oxidation sites excluding steroid dienone is 1. The smallest absolute Gasteiger partial charge is 0.310 e. The van der Waals surface area contributed by atoms with Crippen LogP contribution in [0.3, 0.4) is 0 Å². The van der Waals surface area contributed by atoms with Gasteiger partial charge in [-0.2, -0.15) is 0 Å². The maximum atomic E-state index is 11.4. The summed E-state index contributed by atoms with van der Waals surface area (Å²) in [5.74, 6) is -0.847. The molecule has 1 fully saturated rings. The molecule has 0 saturated heterocycles. The first kappa shape index (κ1) is 14.4. The van der Waals surface area contributed by atoms with E-state index in [1.54, 1.807) is 19.1 Å². The van der Waals surface area contributed by atoms with Crippen LogP contribution in [0.2, 0.25) is 5.02 Å². The van der Waals surface area contributed by atoms with Crippen molar-refractivity contribution in [1.29, 1.82) is 0 Å². The molecule has 2 unspecified atom stereocenters. The highest BCUT2D eigenvalue weighted by Gasteiger charge is 2.71. The number of aliphatic carboxylic acids is 1. The van der Waals surface area contributed by atoms with Crippen LogP contribution in [0.4, 0.5) is 0 Å². The SMILES string of the molecule is CC1(C)C(C=C(Cl)c2ccc(Cl)cc2)C1(C)C(=O)O. The number of carboxylic acid groups (broad SMARTS) is 1. The maximum Gasteiger partial charge on any atom is 0.310 e. The van der Waals surface area contributed by atoms with Gasteiger partial charge in [-0.1, -0.05) is 55.3 Å². The van der Waals surface area contributed by atoms with Crippen molar-refractivity contribution in [2.24, 2.45) is 16.7 Å². The molecule has 2 atom stereocenters. The normalized spacial score (nSPS) is 29.1. The van der Waals surface area contributed by atoms with Crippen LogP contribution < -0.4 is 0 Å². The summed E-state index contributed by atoms with van der Waals surface area (Å²) in [6.45, 7) is 5.67. The van der Waals surface area contributed by atoms with Crippen molar-refractivity contribution in [3.8, 4) is 0 Å². The molecule has 102 valence electrons. The summed E-state index contributed by atoms with van der Waals surface area (Å²) < 4.78 is 0. The first-order valence-corrected chi connectivity index (χ1v) is 6.83. The fourth-order valence-corrected chi connectivity index (χ4v) is 3.04. The second kappa shape index (κ2) is 4.53. The summed E-state index contributed by atoms with van der Waals surface area (Å²) >= 11 is 12.1. The lowest BCUT2D eigenvalue weighted by Crippen LogP contribution is -2.16. The van der Waals surface area contributed by atoms with Crippen LogP contribution in [0.1, 0.15) is 26.3 Å². The Hall–Kier alpha value is -0.990. The predicted octanol–water partition coefficient (Wildman–Crippen LogP) is 4.67. The second-order valence-corrected chi connectivity index (χ2v) is 6.57. The Kier molecular flexibility index (Phi) is 3.44. The van der Waals surface area contributed by atoms with E-state index in [1.165, 1.54) is 0 Å². The summed E-state index contributed by atoms with van der Waals surface area (Å²) in [5, 5.41) is 10.6. The van der Waals surface area contributed by atoms with Crippen molar-refractivity contribution in [2.75, 3.05) is 0 Å². The van der Waals surface area contributed by atoms with Crippen LogP contribution in [0.15, 0.2) is 30.3 Å². The predicted molar refractivity (Wildman–Crippen MR) is 78.3 cm³/mol. The Morgan fingerprint density at radius 2 is 1.79 bits per heavy atom. The zero-order valence-corrected chi connectivity index (χ0v) is 12.6. The third kappa shape index (κ3) is 2.17. The highest BCUT2D eigenvalue weighted by atomic mass is 35.5. The number of halogens is 2. The van der Waals surface area contributed by atoms with Gasteiger partial charge in [0.15, 0.2) is 0 Å². The van der Waals surface area contributed by atoms with Crippen LogP contribution in [0.25, 0.3) is 5.03 Å². The third-order valence-corrected chi connectivity index (χ3v) is 5.13. The first-order chi connectivity index (χ1) is 8.71. The molecule has 0 aliphatic heterocycles. The van der Waals surface area contributed by atoms with Crippen molar-refractivity contribution in [3.63, 3.8) is 0 Å². The highest BCUT2D eigenvalue weighted by molar-refractivity contribution is 6.48. The Labute approximate surface area is 123 Å². The van der Waals surface area contributed by atoms with E-state index in [9.17, 15) is 9.90 Å². The van der Waals surface area contributed by atoms with Gasteiger partial charge in [0, 0.05) is 16.0 Å². The largest absolute Gasteiger partial charge is 0.481 e. The van der Waals surface area contributed by atoms with Gasteiger partial charge in [0.05, 0.1) is 5.41 Å². The van der Waals surface area contributed by atoms with Crippen LogP contribution >= 0.6 is 23.2 Å². The zero-order valence-electron chi connectivity index (χ0n) is 11.1. The molecule has 0 amide bonds. The van der Waals surface area contributed by atoms with Crippen LogP contribution in [-0.4, -0.2) is 11.1 Å². The fourth-order valence-electron chi connectivity index (χ4n) is 2.66. The Balaban J connectivity index is 2.28. The van der Waals surface area contributed by atoms with Gasteiger partial charge < -0.3 is 5.11 Å². The molecule has 1 aliphatic rings. The van der Waals surface area contributed by atoms with Gasteiger partial charge in [0.2, 0.25) is 0 Å². The highest BCUT2D eigenvalue weighted by Crippen LogP contribution is 2.69. The number of carboxylic acids is 1. The van der Waals surface area contributed by atoms with E-state index in [0.29, 0.717) is 10.1 Å². The van der Waals surface area contributed by atoms with Crippen LogP contribution in [0.5, 0.6) is 0 Å². The first-order valence-electron chi connectivity index (χ1n) is 6.08. The van der Waals surface area contributed by atoms with E-state index in [4.69, 9.17) is 23.2 Å². The molecule has 1 saturated carbocycles. The van der Waals surface area contributed by atoms with Crippen molar-refractivity contribution < 1.29 is 9.90 Å². The molecule has 0 bridgehead atoms. The summed E-state index contributed by atoms with van der Waals surface area (Å²) in [6.07, 6.45) is 1.85. The van der Waals surface area contributed by atoms with Crippen molar-refractivity contribution >= 4 is 34.2 Å². The lowest BCUT2D eigenvalue weighted by Gasteiger charge is -2.06. The maximum absolute atomic E-state index is 11.4. The molecule has 2 rings (SSSR count). The monoisotopic (exact) mass is 298 g/mol. The van der Waals surface area contributed by atoms with Crippen LogP contribution in [0, 0.1) is 16.7 Å². The molecule has 1 aromatic rings. The summed E-state index contributed by atoms with van der Waals surface area (Å²) in [4.78, 5) is 11.4. The van der Waals surface area contributed by atoms with E-state index in [0.717, 1.165) is 5.56 Å². The standard InChI is InChI=1S/C15H16Cl2O2/c1-14(2)12(15(14,3)13(18)19)8-11(17)9-4-6-10(16)7-5-9/h4-8,12H,1-3H3,(H,18,19). The molecular formula is C15H16Cl2O2. The van der Waals surface area contributed by atoms with E-state index >= 15 is 0 Å². The molecule has 0 heterocycles. The van der Waals surface area contributed by atoms with Gasteiger partial charge in [0.1, 0.15) is 0 Å². The third-order valence-electron chi connectivity index (χ3n) is 4.53. The number of carbonyl (C=O) groups is 1. The molecule has 0 spiro atoms. The molecular weight excluding hydrogens is 283 g/mol. The van der Waals surface area contributed by atoms with E-state index in [-0.39, 0.29) is 11.3 Å². The van der Waals surface area contributed by atoms with Gasteiger partial charge in [-0.3, -0.25) is 4.79 Å². The molecule has 1 aliphatic carbocycles. The van der Waals surface area contributed by atoms with E-state index in [1.807, 2.05) is 32.1 Å². The van der Waals surface area contributed by atoms with Crippen molar-refractivity contribution in [1.82, 2.24) is 0 Å². The molecule has 4 heteroatoms. The van der Waals surface area contributed by atoms with E-state index in [2.05, 4.69) is 0 Å². The number of hydrogen-bond acceptors (Lipinski definition) is 1. The fraction of sp³-hybridized carbons (Fsp3) is 0.400. The molecule has 1 aromatic carbocycles. The lowest BCUT2D eigenvalue weighted by molar-refractivity contribution is -0.144. The van der Waals surface area contributed by atoms with Gasteiger partial charge >= 0.3 is 5.97 Å². The van der Waals surface area contributed by atoms with Gasteiger partial charge in [-0.25, -0.2) is 0 Å². The molecule has 0 aromatic heterocycles. The minimum absolute atomic E-state index is 0.0688. The summed E-state index contributed by atoms with van der Waals surface area (Å²) in [7, 11) is 0. The molecule has 19 heavy (non-hydrogen) atoms. The topological polar surface area (TPSA) is 37.3 Å². The lowest BCUT2D eigenvalue weighted by atomic mass is 9.99. The van der Waals surface area contributed by atoms with Crippen LogP contribution in [-0.2, 0) is 4.79 Å². The zero-order chi connectivity index (χ0) is 14.4. The minimum Gasteiger partial charge on any atom is -0.481 e. The molecule has 1 N–H and O–H groups in total. The Morgan fingerprint density at radius 3 is 2.21 bits per heavy atom. The quantitative estimate of drug-likeness (QED) is 0.881. The Morgan fingerprint density at radius 1 is 1.26 bits per heavy atom.